The van der Waals surface area contributed by atoms with Gasteiger partial charge < -0.3 is 10.1 Å². The molecule has 0 saturated carbocycles. The summed E-state index contributed by atoms with van der Waals surface area (Å²) in [5.41, 5.74) is 1.57. The molecule has 32 heavy (non-hydrogen) atoms. The summed E-state index contributed by atoms with van der Waals surface area (Å²) in [6, 6.07) is 16.3. The number of nitrogens with zero attached hydrogens (tertiary/aromatic N) is 3. The third-order valence-electron chi connectivity index (χ3n) is 4.56. The summed E-state index contributed by atoms with van der Waals surface area (Å²) in [5.74, 6) is 0.268. The van der Waals surface area contributed by atoms with Gasteiger partial charge in [0.2, 0.25) is 5.88 Å². The van der Waals surface area contributed by atoms with Crippen LogP contribution in [0.5, 0.6) is 11.6 Å². The number of rotatable bonds is 6. The van der Waals surface area contributed by atoms with Crippen LogP contribution in [-0.4, -0.2) is 26.7 Å². The summed E-state index contributed by atoms with van der Waals surface area (Å²) in [7, 11) is 0. The van der Waals surface area contributed by atoms with Gasteiger partial charge in [-0.3, -0.25) is 19.8 Å². The molecule has 1 fully saturated rings. The highest BCUT2D eigenvalue weighted by atomic mass is 79.9. The molecule has 1 aromatic heterocycles. The standard InChI is InChI=1S/C22H15BrN4O5/c23-16-5-1-15(2-6-16)13-26-21(28)19(25-22(26)29)11-14-3-8-18(9-4-14)32-20-10-7-17(12-24-20)27(30)31/h1-12H,13H2,(H,25,29). The van der Waals surface area contributed by atoms with Crippen molar-refractivity contribution in [2.75, 3.05) is 0 Å². The monoisotopic (exact) mass is 494 g/mol. The molecule has 2 heterocycles. The van der Waals surface area contributed by atoms with E-state index < -0.39 is 16.9 Å². The molecule has 1 aliphatic heterocycles. The Morgan fingerprint density at radius 1 is 1.06 bits per heavy atom. The summed E-state index contributed by atoms with van der Waals surface area (Å²) in [6.45, 7) is 0.171. The normalized spacial score (nSPS) is 14.5. The molecule has 0 spiro atoms. The molecule has 4 rings (SSSR count). The second-order valence-electron chi connectivity index (χ2n) is 6.79. The second-order valence-corrected chi connectivity index (χ2v) is 7.70. The van der Waals surface area contributed by atoms with Crippen LogP contribution in [0.25, 0.3) is 6.08 Å². The first kappa shape index (κ1) is 21.2. The van der Waals surface area contributed by atoms with Crippen molar-refractivity contribution in [3.8, 4) is 11.6 Å². The zero-order valence-electron chi connectivity index (χ0n) is 16.4. The van der Waals surface area contributed by atoms with E-state index in [0.717, 1.165) is 21.1 Å². The smallest absolute Gasteiger partial charge is 0.329 e. The van der Waals surface area contributed by atoms with Crippen LogP contribution in [0.2, 0.25) is 0 Å². The van der Waals surface area contributed by atoms with Crippen LogP contribution in [0.1, 0.15) is 11.1 Å². The lowest BCUT2D eigenvalue weighted by molar-refractivity contribution is -0.385. The molecule has 0 atom stereocenters. The highest BCUT2D eigenvalue weighted by Gasteiger charge is 2.33. The molecule has 0 bridgehead atoms. The number of hydrogen-bond acceptors (Lipinski definition) is 6. The number of imide groups is 1. The van der Waals surface area contributed by atoms with Gasteiger partial charge in [0, 0.05) is 16.6 Å². The van der Waals surface area contributed by atoms with Gasteiger partial charge in [0.25, 0.3) is 11.6 Å². The van der Waals surface area contributed by atoms with Crippen LogP contribution >= 0.6 is 15.9 Å². The maximum atomic E-state index is 12.7. The van der Waals surface area contributed by atoms with Crippen LogP contribution in [-0.2, 0) is 11.3 Å². The first-order valence-electron chi connectivity index (χ1n) is 9.36. The van der Waals surface area contributed by atoms with Crippen molar-refractivity contribution in [2.45, 2.75) is 6.54 Å². The van der Waals surface area contributed by atoms with E-state index in [1.54, 1.807) is 30.3 Å². The molecule has 9 nitrogen and oxygen atoms in total. The Hall–Kier alpha value is -4.05. The number of hydrogen-bond donors (Lipinski definition) is 1. The lowest BCUT2D eigenvalue weighted by Crippen LogP contribution is -2.30. The molecule has 160 valence electrons. The van der Waals surface area contributed by atoms with Crippen molar-refractivity contribution >= 4 is 39.6 Å². The fourth-order valence-corrected chi connectivity index (χ4v) is 3.21. The Morgan fingerprint density at radius 3 is 2.41 bits per heavy atom. The van der Waals surface area contributed by atoms with E-state index in [-0.39, 0.29) is 23.8 Å². The van der Waals surface area contributed by atoms with Gasteiger partial charge in [-0.2, -0.15) is 0 Å². The highest BCUT2D eigenvalue weighted by molar-refractivity contribution is 9.10. The Bertz CT molecular complexity index is 1210. The summed E-state index contributed by atoms with van der Waals surface area (Å²) in [6.07, 6.45) is 2.69. The maximum Gasteiger partial charge on any atom is 0.329 e. The van der Waals surface area contributed by atoms with E-state index in [9.17, 15) is 19.7 Å². The molecule has 10 heteroatoms. The second kappa shape index (κ2) is 8.98. The van der Waals surface area contributed by atoms with Crippen molar-refractivity contribution in [2.24, 2.45) is 0 Å². The quantitative estimate of drug-likeness (QED) is 0.231. The predicted octanol–water partition coefficient (Wildman–Crippen LogP) is 4.64. The fraction of sp³-hybridized carbons (Fsp3) is 0.0455. The molecule has 1 aliphatic rings. The largest absolute Gasteiger partial charge is 0.439 e. The minimum absolute atomic E-state index is 0.128. The van der Waals surface area contributed by atoms with Crippen LogP contribution < -0.4 is 10.1 Å². The van der Waals surface area contributed by atoms with Crippen molar-refractivity contribution in [3.05, 3.63) is 98.3 Å². The number of aromatic nitrogens is 1. The van der Waals surface area contributed by atoms with Gasteiger partial charge in [-0.25, -0.2) is 9.78 Å². The van der Waals surface area contributed by atoms with Gasteiger partial charge in [-0.1, -0.05) is 40.2 Å². The van der Waals surface area contributed by atoms with Gasteiger partial charge in [-0.15, -0.1) is 0 Å². The van der Waals surface area contributed by atoms with Crippen molar-refractivity contribution in [1.82, 2.24) is 15.2 Å². The Morgan fingerprint density at radius 2 is 1.78 bits per heavy atom. The number of ether oxygens (including phenoxy) is 1. The molecule has 0 aliphatic carbocycles. The Kier molecular flexibility index (Phi) is 5.95. The first-order chi connectivity index (χ1) is 15.4. The molecule has 0 radical (unpaired) electrons. The summed E-state index contributed by atoms with van der Waals surface area (Å²) >= 11 is 3.35. The van der Waals surface area contributed by atoms with Crippen LogP contribution in [0.15, 0.2) is 77.0 Å². The van der Waals surface area contributed by atoms with Crippen LogP contribution in [0.3, 0.4) is 0 Å². The predicted molar refractivity (Wildman–Crippen MR) is 119 cm³/mol. The minimum atomic E-state index is -0.539. The number of carbonyl (C=O) groups is 2. The third kappa shape index (κ3) is 4.81. The molecule has 3 amide bonds. The molecule has 2 aromatic carbocycles. The minimum Gasteiger partial charge on any atom is -0.439 e. The van der Waals surface area contributed by atoms with E-state index in [1.807, 2.05) is 24.3 Å². The van der Waals surface area contributed by atoms with Gasteiger partial charge in [0.05, 0.1) is 11.5 Å². The number of carbonyl (C=O) groups excluding carboxylic acids is 2. The van der Waals surface area contributed by atoms with Gasteiger partial charge in [0.1, 0.15) is 17.6 Å². The highest BCUT2D eigenvalue weighted by Crippen LogP contribution is 2.23. The number of nitro groups is 1. The zero-order valence-corrected chi connectivity index (χ0v) is 18.0. The number of pyridine rings is 1. The number of benzene rings is 2. The van der Waals surface area contributed by atoms with Gasteiger partial charge >= 0.3 is 6.03 Å². The van der Waals surface area contributed by atoms with Crippen LogP contribution in [0, 0.1) is 10.1 Å². The lowest BCUT2D eigenvalue weighted by Gasteiger charge is -2.11. The molecule has 1 N–H and O–H groups in total. The van der Waals surface area contributed by atoms with Gasteiger partial charge in [0.15, 0.2) is 0 Å². The molecule has 0 unspecified atom stereocenters. The summed E-state index contributed by atoms with van der Waals surface area (Å²) < 4.78 is 6.48. The van der Waals surface area contributed by atoms with E-state index >= 15 is 0 Å². The third-order valence-corrected chi connectivity index (χ3v) is 5.09. The number of halogens is 1. The van der Waals surface area contributed by atoms with Crippen molar-refractivity contribution < 1.29 is 19.2 Å². The lowest BCUT2D eigenvalue weighted by atomic mass is 10.1. The summed E-state index contributed by atoms with van der Waals surface area (Å²) in [5, 5.41) is 13.3. The number of nitrogens with one attached hydrogen (secondary N) is 1. The van der Waals surface area contributed by atoms with Crippen molar-refractivity contribution in [1.29, 1.82) is 0 Å². The average molecular weight is 495 g/mol. The molecular weight excluding hydrogens is 480 g/mol. The van der Waals surface area contributed by atoms with E-state index in [0.29, 0.717) is 11.3 Å². The topological polar surface area (TPSA) is 115 Å². The van der Waals surface area contributed by atoms with Gasteiger partial charge in [-0.05, 0) is 41.5 Å². The molecular formula is C22H15BrN4O5. The number of urea groups is 1. The molecule has 3 aromatic rings. The summed E-state index contributed by atoms with van der Waals surface area (Å²) in [4.78, 5) is 40.1. The number of amides is 3. The van der Waals surface area contributed by atoms with Crippen molar-refractivity contribution in [3.63, 3.8) is 0 Å². The maximum absolute atomic E-state index is 12.7. The van der Waals surface area contributed by atoms with E-state index in [2.05, 4.69) is 26.2 Å². The van der Waals surface area contributed by atoms with E-state index in [1.165, 1.54) is 12.1 Å². The van der Waals surface area contributed by atoms with Crippen LogP contribution in [0.4, 0.5) is 10.5 Å². The Labute approximate surface area is 190 Å². The first-order valence-corrected chi connectivity index (χ1v) is 10.2. The average Bonchev–Trinajstić information content (AvgIpc) is 3.04. The Balaban J connectivity index is 1.43. The zero-order chi connectivity index (χ0) is 22.7. The SMILES string of the molecule is O=C1NC(=Cc2ccc(Oc3ccc([N+](=O)[O-])cn3)cc2)C(=O)N1Cc1ccc(Br)cc1. The molecule has 1 saturated heterocycles. The fourth-order valence-electron chi connectivity index (χ4n) is 2.95. The van der Waals surface area contributed by atoms with E-state index in [4.69, 9.17) is 4.74 Å².